The van der Waals surface area contributed by atoms with E-state index in [1.54, 1.807) is 0 Å². The Hall–Kier alpha value is -2.19. The molecule has 0 spiro atoms. The molecule has 1 aromatic heterocycles. The molecule has 114 valence electrons. The van der Waals surface area contributed by atoms with Crippen LogP contribution < -0.4 is 5.32 Å². The van der Waals surface area contributed by atoms with Gasteiger partial charge in [0.05, 0.1) is 6.54 Å². The molecule has 0 radical (unpaired) electrons. The van der Waals surface area contributed by atoms with E-state index in [0.29, 0.717) is 18.2 Å². The van der Waals surface area contributed by atoms with Gasteiger partial charge in [-0.2, -0.15) is 5.21 Å². The quantitative estimate of drug-likeness (QED) is 0.727. The summed E-state index contributed by atoms with van der Waals surface area (Å²) in [6, 6.07) is -1.06. The van der Waals surface area contributed by atoms with E-state index in [2.05, 4.69) is 25.9 Å². The monoisotopic (exact) mass is 294 g/mol. The van der Waals surface area contributed by atoms with Crippen molar-refractivity contribution in [1.82, 2.24) is 30.8 Å². The SMILES string of the molecule is O=C(O)C1CC2CCCCC2N1C(=O)NCc1nn[nH]n1. The minimum absolute atomic E-state index is 0.0325. The van der Waals surface area contributed by atoms with Crippen LogP contribution in [-0.4, -0.2) is 54.7 Å². The molecular formula is C12H18N6O3. The van der Waals surface area contributed by atoms with Crippen LogP contribution >= 0.6 is 0 Å². The Bertz CT molecular complexity index is 519. The molecule has 3 atom stereocenters. The number of hydrogen-bond acceptors (Lipinski definition) is 5. The number of aliphatic carboxylic acids is 1. The first-order chi connectivity index (χ1) is 10.2. The van der Waals surface area contributed by atoms with Crippen molar-refractivity contribution < 1.29 is 14.7 Å². The average Bonchev–Trinajstić information content (AvgIpc) is 3.11. The number of aromatic nitrogens is 4. The highest BCUT2D eigenvalue weighted by atomic mass is 16.4. The maximum atomic E-state index is 12.4. The van der Waals surface area contributed by atoms with Crippen molar-refractivity contribution in [3.63, 3.8) is 0 Å². The number of aromatic amines is 1. The largest absolute Gasteiger partial charge is 0.480 e. The van der Waals surface area contributed by atoms with Gasteiger partial charge in [-0.3, -0.25) is 0 Å². The summed E-state index contributed by atoms with van der Waals surface area (Å²) in [7, 11) is 0. The highest BCUT2D eigenvalue weighted by Crippen LogP contribution is 2.39. The lowest BCUT2D eigenvalue weighted by atomic mass is 9.85. The van der Waals surface area contributed by atoms with Crippen molar-refractivity contribution >= 4 is 12.0 Å². The topological polar surface area (TPSA) is 124 Å². The zero-order valence-electron chi connectivity index (χ0n) is 11.5. The second-order valence-corrected chi connectivity index (χ2v) is 5.60. The van der Waals surface area contributed by atoms with Gasteiger partial charge in [0.25, 0.3) is 0 Å². The number of carbonyl (C=O) groups is 2. The number of urea groups is 1. The molecule has 1 saturated heterocycles. The number of amides is 2. The molecule has 3 N–H and O–H groups in total. The zero-order valence-corrected chi connectivity index (χ0v) is 11.5. The molecule has 1 aliphatic carbocycles. The highest BCUT2D eigenvalue weighted by Gasteiger charge is 2.47. The van der Waals surface area contributed by atoms with Gasteiger partial charge in [0.15, 0.2) is 5.82 Å². The Kier molecular flexibility index (Phi) is 3.72. The molecule has 9 heteroatoms. The molecule has 1 aromatic rings. The van der Waals surface area contributed by atoms with Gasteiger partial charge in [0.1, 0.15) is 6.04 Å². The molecule has 2 aliphatic rings. The Labute approximate surface area is 121 Å². The van der Waals surface area contributed by atoms with Crippen LogP contribution in [0.2, 0.25) is 0 Å². The van der Waals surface area contributed by atoms with E-state index in [-0.39, 0.29) is 18.6 Å². The van der Waals surface area contributed by atoms with Crippen molar-refractivity contribution in [3.05, 3.63) is 5.82 Å². The predicted molar refractivity (Wildman–Crippen MR) is 70.0 cm³/mol. The van der Waals surface area contributed by atoms with E-state index in [1.165, 1.54) is 4.90 Å². The van der Waals surface area contributed by atoms with E-state index in [4.69, 9.17) is 0 Å². The number of carboxylic acid groups (broad SMARTS) is 1. The fourth-order valence-corrected chi connectivity index (χ4v) is 3.48. The second kappa shape index (κ2) is 5.66. The second-order valence-electron chi connectivity index (χ2n) is 5.60. The fourth-order valence-electron chi connectivity index (χ4n) is 3.48. The molecule has 21 heavy (non-hydrogen) atoms. The van der Waals surface area contributed by atoms with Crippen LogP contribution in [-0.2, 0) is 11.3 Å². The first-order valence-corrected chi connectivity index (χ1v) is 7.18. The molecule has 9 nitrogen and oxygen atoms in total. The minimum atomic E-state index is -0.931. The number of rotatable bonds is 3. The summed E-state index contributed by atoms with van der Waals surface area (Å²) in [4.78, 5) is 25.3. The molecular weight excluding hydrogens is 276 g/mol. The lowest BCUT2D eigenvalue weighted by Gasteiger charge is -2.32. The molecule has 0 bridgehead atoms. The summed E-state index contributed by atoms with van der Waals surface area (Å²) in [5.74, 6) is -0.260. The lowest BCUT2D eigenvalue weighted by Crippen LogP contribution is -2.50. The standard InChI is InChI=1S/C12H18N6O3/c19-11(20)9-5-7-3-1-2-4-8(7)18(9)12(21)13-6-10-14-16-17-15-10/h7-9H,1-6H2,(H,13,21)(H,19,20)(H,14,15,16,17). The van der Waals surface area contributed by atoms with Gasteiger partial charge >= 0.3 is 12.0 Å². The van der Waals surface area contributed by atoms with Gasteiger partial charge < -0.3 is 15.3 Å². The lowest BCUT2D eigenvalue weighted by molar-refractivity contribution is -0.141. The number of likely N-dealkylation sites (tertiary alicyclic amines) is 1. The van der Waals surface area contributed by atoms with Crippen LogP contribution in [0.1, 0.15) is 37.9 Å². The summed E-state index contributed by atoms with van der Waals surface area (Å²) >= 11 is 0. The molecule has 1 saturated carbocycles. The third-order valence-electron chi connectivity index (χ3n) is 4.39. The van der Waals surface area contributed by atoms with Crippen LogP contribution in [0.3, 0.4) is 0 Å². The fraction of sp³-hybridized carbons (Fsp3) is 0.750. The molecule has 0 aromatic carbocycles. The van der Waals surface area contributed by atoms with E-state index >= 15 is 0 Å². The van der Waals surface area contributed by atoms with Crippen LogP contribution in [0.5, 0.6) is 0 Å². The van der Waals surface area contributed by atoms with Gasteiger partial charge in [0.2, 0.25) is 0 Å². The maximum absolute atomic E-state index is 12.4. The van der Waals surface area contributed by atoms with Gasteiger partial charge in [-0.25, -0.2) is 9.59 Å². The van der Waals surface area contributed by atoms with E-state index in [0.717, 1.165) is 25.7 Å². The van der Waals surface area contributed by atoms with Gasteiger partial charge in [0, 0.05) is 6.04 Å². The van der Waals surface area contributed by atoms with Gasteiger partial charge in [-0.1, -0.05) is 18.1 Å². The average molecular weight is 294 g/mol. The van der Waals surface area contributed by atoms with Crippen LogP contribution in [0.25, 0.3) is 0 Å². The van der Waals surface area contributed by atoms with Crippen LogP contribution in [0, 0.1) is 5.92 Å². The third kappa shape index (κ3) is 2.67. The Morgan fingerprint density at radius 3 is 2.90 bits per heavy atom. The minimum Gasteiger partial charge on any atom is -0.480 e. The third-order valence-corrected chi connectivity index (χ3v) is 4.39. The summed E-state index contributed by atoms with van der Waals surface area (Å²) in [5.41, 5.74) is 0. The molecule has 1 aliphatic heterocycles. The Morgan fingerprint density at radius 2 is 2.19 bits per heavy atom. The van der Waals surface area contributed by atoms with Crippen LogP contribution in [0.15, 0.2) is 0 Å². The summed E-state index contributed by atoms with van der Waals surface area (Å²) < 4.78 is 0. The van der Waals surface area contributed by atoms with E-state index in [9.17, 15) is 14.7 Å². The van der Waals surface area contributed by atoms with E-state index in [1.807, 2.05) is 0 Å². The number of nitrogens with one attached hydrogen (secondary N) is 2. The number of tetrazole rings is 1. The van der Waals surface area contributed by atoms with Crippen molar-refractivity contribution in [2.45, 2.75) is 50.7 Å². The maximum Gasteiger partial charge on any atom is 0.326 e. The van der Waals surface area contributed by atoms with Gasteiger partial charge in [-0.05, 0) is 25.2 Å². The molecule has 3 unspecified atom stereocenters. The molecule has 2 heterocycles. The number of carbonyl (C=O) groups excluding carboxylic acids is 1. The first kappa shape index (κ1) is 13.8. The van der Waals surface area contributed by atoms with Crippen molar-refractivity contribution in [3.8, 4) is 0 Å². The van der Waals surface area contributed by atoms with Crippen molar-refractivity contribution in [1.29, 1.82) is 0 Å². The first-order valence-electron chi connectivity index (χ1n) is 7.18. The van der Waals surface area contributed by atoms with Crippen molar-refractivity contribution in [2.24, 2.45) is 5.92 Å². The summed E-state index contributed by atoms with van der Waals surface area (Å²) in [6.45, 7) is 0.134. The zero-order chi connectivity index (χ0) is 14.8. The predicted octanol–water partition coefficient (Wildman–Crippen LogP) is 0.127. The Morgan fingerprint density at radius 1 is 1.38 bits per heavy atom. The Balaban J connectivity index is 1.70. The molecule has 2 amide bonds. The summed E-state index contributed by atoms with van der Waals surface area (Å²) in [6.07, 6.45) is 4.59. The number of H-pyrrole nitrogens is 1. The number of fused-ring (bicyclic) bond motifs is 1. The van der Waals surface area contributed by atoms with Gasteiger partial charge in [-0.15, -0.1) is 10.2 Å². The number of hydrogen-bond donors (Lipinski definition) is 3. The van der Waals surface area contributed by atoms with E-state index < -0.39 is 12.0 Å². The number of carboxylic acids is 1. The number of nitrogens with zero attached hydrogens (tertiary/aromatic N) is 4. The van der Waals surface area contributed by atoms with Crippen molar-refractivity contribution in [2.75, 3.05) is 0 Å². The smallest absolute Gasteiger partial charge is 0.326 e. The van der Waals surface area contributed by atoms with Crippen LogP contribution in [0.4, 0.5) is 4.79 Å². The molecule has 2 fully saturated rings. The normalized spacial score (nSPS) is 28.2. The molecule has 3 rings (SSSR count). The highest BCUT2D eigenvalue weighted by molar-refractivity contribution is 5.83. The summed E-state index contributed by atoms with van der Waals surface area (Å²) in [5, 5.41) is 25.3.